The monoisotopic (exact) mass is 273 g/mol. The van der Waals surface area contributed by atoms with Gasteiger partial charge in [-0.2, -0.15) is 0 Å². The number of amides is 1. The van der Waals surface area contributed by atoms with E-state index in [1.807, 2.05) is 11.1 Å². The molecule has 0 bridgehead atoms. The molecule has 108 valence electrons. The van der Waals surface area contributed by atoms with Gasteiger partial charge < -0.3 is 9.80 Å². The third kappa shape index (κ3) is 2.39. The van der Waals surface area contributed by atoms with Gasteiger partial charge in [-0.25, -0.2) is 4.98 Å². The van der Waals surface area contributed by atoms with E-state index < -0.39 is 0 Å². The number of aromatic nitrogens is 1. The van der Waals surface area contributed by atoms with Crippen molar-refractivity contribution >= 4 is 11.7 Å². The first-order chi connectivity index (χ1) is 9.66. The van der Waals surface area contributed by atoms with Gasteiger partial charge in [0.1, 0.15) is 5.82 Å². The molecule has 3 heterocycles. The molecule has 0 spiro atoms. The van der Waals surface area contributed by atoms with Gasteiger partial charge in [-0.1, -0.05) is 0 Å². The maximum atomic E-state index is 11.7. The van der Waals surface area contributed by atoms with E-state index in [1.165, 1.54) is 24.0 Å². The molecule has 0 unspecified atom stereocenters. The van der Waals surface area contributed by atoms with Crippen LogP contribution in [0.1, 0.15) is 49.8 Å². The van der Waals surface area contributed by atoms with Crippen molar-refractivity contribution in [1.29, 1.82) is 0 Å². The van der Waals surface area contributed by atoms with Crippen LogP contribution in [0.25, 0.3) is 0 Å². The first-order valence-electron chi connectivity index (χ1n) is 7.65. The van der Waals surface area contributed by atoms with Crippen molar-refractivity contribution in [3.8, 4) is 0 Å². The van der Waals surface area contributed by atoms with Crippen LogP contribution in [0.2, 0.25) is 0 Å². The van der Waals surface area contributed by atoms with Crippen molar-refractivity contribution in [2.75, 3.05) is 24.5 Å². The number of hydrogen-bond acceptors (Lipinski definition) is 3. The molecule has 1 aromatic rings. The number of hydrogen-bond donors (Lipinski definition) is 0. The summed E-state index contributed by atoms with van der Waals surface area (Å²) < 4.78 is 0. The van der Waals surface area contributed by atoms with Gasteiger partial charge in [-0.15, -0.1) is 0 Å². The van der Waals surface area contributed by atoms with Crippen LogP contribution < -0.4 is 4.90 Å². The fourth-order valence-electron chi connectivity index (χ4n) is 3.52. The molecule has 4 heteroatoms. The Hall–Kier alpha value is -1.58. The fraction of sp³-hybridized carbons (Fsp3) is 0.625. The molecule has 0 saturated carbocycles. The second-order valence-corrected chi connectivity index (χ2v) is 5.97. The van der Waals surface area contributed by atoms with Gasteiger partial charge in [0.15, 0.2) is 0 Å². The lowest BCUT2D eigenvalue weighted by Crippen LogP contribution is -2.28. The molecule has 2 saturated heterocycles. The number of pyridine rings is 1. The Morgan fingerprint density at radius 2 is 2.00 bits per heavy atom. The van der Waals surface area contributed by atoms with Gasteiger partial charge in [-0.3, -0.25) is 4.79 Å². The molecule has 20 heavy (non-hydrogen) atoms. The summed E-state index contributed by atoms with van der Waals surface area (Å²) in [5.41, 5.74) is 2.43. The molecular formula is C16H23N3O. The highest BCUT2D eigenvalue weighted by molar-refractivity contribution is 5.74. The van der Waals surface area contributed by atoms with Crippen LogP contribution in [-0.2, 0) is 4.79 Å². The normalized spacial score (nSPS) is 22.6. The van der Waals surface area contributed by atoms with E-state index in [9.17, 15) is 4.79 Å². The van der Waals surface area contributed by atoms with E-state index in [0.29, 0.717) is 0 Å². The van der Waals surface area contributed by atoms with Crippen molar-refractivity contribution in [3.63, 3.8) is 0 Å². The highest BCUT2D eigenvalue weighted by Gasteiger charge is 2.28. The zero-order chi connectivity index (χ0) is 14.1. The largest absolute Gasteiger partial charge is 0.356 e. The highest BCUT2D eigenvalue weighted by atomic mass is 16.2. The van der Waals surface area contributed by atoms with Crippen LogP contribution in [-0.4, -0.2) is 35.4 Å². The number of carbonyl (C=O) groups excluding carboxylic acids is 1. The zero-order valence-corrected chi connectivity index (χ0v) is 12.4. The first-order valence-corrected chi connectivity index (χ1v) is 7.65. The molecule has 1 aromatic heterocycles. The van der Waals surface area contributed by atoms with Gasteiger partial charge in [0.05, 0.1) is 6.04 Å². The van der Waals surface area contributed by atoms with Gasteiger partial charge in [0.2, 0.25) is 5.91 Å². The minimum Gasteiger partial charge on any atom is -0.356 e. The lowest BCUT2D eigenvalue weighted by Gasteiger charge is -2.25. The average molecular weight is 273 g/mol. The Morgan fingerprint density at radius 3 is 2.65 bits per heavy atom. The molecule has 1 atom stereocenters. The number of likely N-dealkylation sites (tertiary alicyclic amines) is 1. The number of carbonyl (C=O) groups is 1. The van der Waals surface area contributed by atoms with E-state index in [1.54, 1.807) is 6.92 Å². The minimum absolute atomic E-state index is 0.175. The lowest BCUT2D eigenvalue weighted by atomic mass is 10.0. The average Bonchev–Trinajstić information content (AvgIpc) is 3.10. The summed E-state index contributed by atoms with van der Waals surface area (Å²) in [6, 6.07) is 2.46. The van der Waals surface area contributed by atoms with Crippen molar-refractivity contribution < 1.29 is 4.79 Å². The maximum absolute atomic E-state index is 11.7. The first kappa shape index (κ1) is 13.4. The fourth-order valence-corrected chi connectivity index (χ4v) is 3.52. The Morgan fingerprint density at radius 1 is 1.25 bits per heavy atom. The summed E-state index contributed by atoms with van der Waals surface area (Å²) in [5.74, 6) is 1.30. The van der Waals surface area contributed by atoms with Gasteiger partial charge in [-0.05, 0) is 49.8 Å². The minimum atomic E-state index is 0.175. The Bertz CT molecular complexity index is 508. The molecule has 0 N–H and O–H groups in total. The van der Waals surface area contributed by atoms with E-state index in [-0.39, 0.29) is 11.9 Å². The molecule has 0 aromatic carbocycles. The van der Waals surface area contributed by atoms with Crippen LogP contribution in [0.5, 0.6) is 0 Å². The van der Waals surface area contributed by atoms with Crippen LogP contribution in [0, 0.1) is 6.92 Å². The van der Waals surface area contributed by atoms with Crippen LogP contribution in [0.15, 0.2) is 12.3 Å². The molecular weight excluding hydrogens is 250 g/mol. The number of aryl methyl sites for hydroxylation is 1. The molecule has 3 rings (SSSR count). The molecule has 2 aliphatic heterocycles. The summed E-state index contributed by atoms with van der Waals surface area (Å²) in [4.78, 5) is 20.7. The second-order valence-electron chi connectivity index (χ2n) is 5.97. The van der Waals surface area contributed by atoms with Crippen molar-refractivity contribution in [1.82, 2.24) is 9.88 Å². The summed E-state index contributed by atoms with van der Waals surface area (Å²) >= 11 is 0. The maximum Gasteiger partial charge on any atom is 0.219 e. The Labute approximate surface area is 120 Å². The topological polar surface area (TPSA) is 36.4 Å². The lowest BCUT2D eigenvalue weighted by molar-refractivity contribution is -0.129. The number of nitrogens with zero attached hydrogens (tertiary/aromatic N) is 3. The molecule has 0 aliphatic carbocycles. The quantitative estimate of drug-likeness (QED) is 0.831. The molecule has 4 nitrogen and oxygen atoms in total. The number of rotatable bonds is 2. The Balaban J connectivity index is 1.84. The predicted octanol–water partition coefficient (Wildman–Crippen LogP) is 2.67. The molecule has 0 radical (unpaired) electrons. The molecule has 2 aliphatic rings. The molecule has 1 amide bonds. The zero-order valence-electron chi connectivity index (χ0n) is 12.4. The van der Waals surface area contributed by atoms with Gasteiger partial charge in [0, 0.05) is 32.8 Å². The van der Waals surface area contributed by atoms with Crippen LogP contribution in [0.4, 0.5) is 5.82 Å². The summed E-state index contributed by atoms with van der Waals surface area (Å²) in [7, 11) is 0. The van der Waals surface area contributed by atoms with E-state index in [4.69, 9.17) is 0 Å². The van der Waals surface area contributed by atoms with E-state index in [0.717, 1.165) is 38.3 Å². The van der Waals surface area contributed by atoms with Crippen LogP contribution in [0.3, 0.4) is 0 Å². The highest BCUT2D eigenvalue weighted by Crippen LogP contribution is 2.33. The third-order valence-electron chi connectivity index (χ3n) is 4.52. The van der Waals surface area contributed by atoms with Gasteiger partial charge in [0.25, 0.3) is 0 Å². The van der Waals surface area contributed by atoms with Crippen molar-refractivity contribution in [2.45, 2.75) is 45.6 Å². The van der Waals surface area contributed by atoms with E-state index in [2.05, 4.69) is 22.9 Å². The van der Waals surface area contributed by atoms with Crippen LogP contribution >= 0.6 is 0 Å². The van der Waals surface area contributed by atoms with E-state index >= 15 is 0 Å². The standard InChI is InChI=1S/C16H23N3O/c1-12-10-14(15-6-5-9-19(15)13(2)20)11-17-16(12)18-7-3-4-8-18/h10-11,15H,3-9H2,1-2H3/t15-/m1/s1. The van der Waals surface area contributed by atoms with Gasteiger partial charge >= 0.3 is 0 Å². The predicted molar refractivity (Wildman–Crippen MR) is 79.8 cm³/mol. The summed E-state index contributed by atoms with van der Waals surface area (Å²) in [6.45, 7) is 6.92. The second kappa shape index (κ2) is 5.43. The number of anilines is 1. The van der Waals surface area contributed by atoms with Crippen molar-refractivity contribution in [3.05, 3.63) is 23.4 Å². The van der Waals surface area contributed by atoms with Crippen molar-refractivity contribution in [2.24, 2.45) is 0 Å². The SMILES string of the molecule is CC(=O)N1CCC[C@@H]1c1cnc(N2CCCC2)c(C)c1. The smallest absolute Gasteiger partial charge is 0.219 e. The molecule has 2 fully saturated rings. The Kier molecular flexibility index (Phi) is 3.64. The summed E-state index contributed by atoms with van der Waals surface area (Å²) in [6.07, 6.45) is 6.67. The third-order valence-corrected chi connectivity index (χ3v) is 4.52. The summed E-state index contributed by atoms with van der Waals surface area (Å²) in [5, 5.41) is 0.